The van der Waals surface area contributed by atoms with Gasteiger partial charge in [0.2, 0.25) is 0 Å². The first-order chi connectivity index (χ1) is 24.0. The van der Waals surface area contributed by atoms with Crippen molar-refractivity contribution in [3.8, 4) is 0 Å². The molecule has 0 aromatic heterocycles. The van der Waals surface area contributed by atoms with Crippen molar-refractivity contribution in [2.75, 3.05) is 6.61 Å². The predicted octanol–water partition coefficient (Wildman–Crippen LogP) is 7.23. The summed E-state index contributed by atoms with van der Waals surface area (Å²) in [6, 6.07) is 0. The van der Waals surface area contributed by atoms with E-state index in [0.29, 0.717) is 29.6 Å². The lowest BCUT2D eigenvalue weighted by Gasteiger charge is -2.52. The van der Waals surface area contributed by atoms with Crippen molar-refractivity contribution in [1.29, 1.82) is 0 Å². The van der Waals surface area contributed by atoms with Gasteiger partial charge in [-0.3, -0.25) is 4.79 Å². The van der Waals surface area contributed by atoms with Crippen LogP contribution in [0.3, 0.4) is 0 Å². The summed E-state index contributed by atoms with van der Waals surface area (Å²) in [5.74, 6) is -3.10. The lowest BCUT2D eigenvalue weighted by molar-refractivity contribution is -0.224. The zero-order chi connectivity index (χ0) is 37.9. The molecule has 1 unspecified atom stereocenters. The van der Waals surface area contributed by atoms with Gasteiger partial charge >= 0.3 is 17.9 Å². The molecule has 2 saturated carbocycles. The van der Waals surface area contributed by atoms with Gasteiger partial charge in [0.1, 0.15) is 23.9 Å². The van der Waals surface area contributed by atoms with Crippen molar-refractivity contribution in [3.05, 3.63) is 46.6 Å². The maximum atomic E-state index is 13.6. The molecular formula is C42H64O9. The maximum absolute atomic E-state index is 13.6. The summed E-state index contributed by atoms with van der Waals surface area (Å²) in [6.45, 7) is 16.2. The highest BCUT2D eigenvalue weighted by molar-refractivity contribution is 5.88. The maximum Gasteiger partial charge on any atom is 0.334 e. The molecule has 2 bridgehead atoms. The molecule has 9 heteroatoms. The summed E-state index contributed by atoms with van der Waals surface area (Å²) in [4.78, 5) is 39.5. The van der Waals surface area contributed by atoms with Gasteiger partial charge in [-0.15, -0.1) is 0 Å². The van der Waals surface area contributed by atoms with E-state index >= 15 is 0 Å². The summed E-state index contributed by atoms with van der Waals surface area (Å²) < 4.78 is 18.1. The molecule has 0 saturated heterocycles. The van der Waals surface area contributed by atoms with Crippen LogP contribution < -0.4 is 0 Å². The third kappa shape index (κ3) is 7.16. The average molecular weight is 713 g/mol. The number of allylic oxidation sites excluding steroid dienone is 2. The number of rotatable bonds is 16. The first kappa shape index (κ1) is 41.0. The smallest absolute Gasteiger partial charge is 0.334 e. The lowest BCUT2D eigenvalue weighted by Crippen LogP contribution is -2.67. The van der Waals surface area contributed by atoms with Gasteiger partial charge in [-0.25, -0.2) is 9.59 Å². The molecule has 0 heterocycles. The Morgan fingerprint density at radius 3 is 2.08 bits per heavy atom. The van der Waals surface area contributed by atoms with E-state index < -0.39 is 64.1 Å². The molecule has 0 aromatic carbocycles. The number of aliphatic hydroxyl groups excluding tert-OH is 2. The van der Waals surface area contributed by atoms with E-state index in [4.69, 9.17) is 14.2 Å². The van der Waals surface area contributed by atoms with Gasteiger partial charge in [0.25, 0.3) is 0 Å². The molecule has 0 aliphatic heterocycles. The Kier molecular flexibility index (Phi) is 12.9. The molecule has 0 amide bonds. The number of esters is 3. The number of aliphatic hydroxyl groups is 3. The quantitative estimate of drug-likeness (QED) is 0.0497. The lowest BCUT2D eigenvalue weighted by atomic mass is 9.58. The minimum atomic E-state index is -2.23. The number of ether oxygens (including phenoxy) is 3. The van der Waals surface area contributed by atoms with Gasteiger partial charge in [0, 0.05) is 34.8 Å². The molecule has 9 atom stereocenters. The molecule has 286 valence electrons. The van der Waals surface area contributed by atoms with Crippen molar-refractivity contribution < 1.29 is 43.9 Å². The second-order valence-electron chi connectivity index (χ2n) is 16.4. The topological polar surface area (TPSA) is 140 Å². The van der Waals surface area contributed by atoms with E-state index in [2.05, 4.69) is 6.92 Å². The Morgan fingerprint density at radius 1 is 0.922 bits per heavy atom. The fourth-order valence-electron chi connectivity index (χ4n) is 9.72. The molecule has 51 heavy (non-hydrogen) atoms. The Hall–Kier alpha value is -2.75. The molecule has 9 nitrogen and oxygen atoms in total. The van der Waals surface area contributed by atoms with Crippen LogP contribution in [0.15, 0.2) is 46.6 Å². The standard InChI is InChI=1S/C42H64O9/c1-10-13-14-15-16-17-18-19-20-21-32(43)51-41-24-29(7)40-23-28(6)36(50-38(47)27(5)12-3)42(40,48)34(44)30(25-49-37(46)26(4)11-2)22-31(35(40)45)33(41)39(41,8)9/h11-12,22-23,29,31,33-36,44-45,48H,10,13-21,24-25H2,1-9H3/b26-11-,27-12-/t29-,31+,33-,34-,35?,36+,40+,41+,42+/m1/s1. The van der Waals surface area contributed by atoms with Crippen molar-refractivity contribution in [3.63, 3.8) is 0 Å². The van der Waals surface area contributed by atoms with Gasteiger partial charge in [-0.1, -0.05) is 103 Å². The highest BCUT2D eigenvalue weighted by Crippen LogP contribution is 2.76. The van der Waals surface area contributed by atoms with Crippen LogP contribution >= 0.6 is 0 Å². The zero-order valence-corrected chi connectivity index (χ0v) is 32.5. The minimum Gasteiger partial charge on any atom is -0.458 e. The van der Waals surface area contributed by atoms with Crippen LogP contribution in [0.5, 0.6) is 0 Å². The Balaban J connectivity index is 1.68. The van der Waals surface area contributed by atoms with Gasteiger partial charge < -0.3 is 29.5 Å². The highest BCUT2D eigenvalue weighted by atomic mass is 16.6. The predicted molar refractivity (Wildman–Crippen MR) is 196 cm³/mol. The third-order valence-electron chi connectivity index (χ3n) is 13.0. The molecule has 4 aliphatic rings. The summed E-state index contributed by atoms with van der Waals surface area (Å²) >= 11 is 0. The Bertz CT molecular complexity index is 1440. The van der Waals surface area contributed by atoms with E-state index in [1.165, 1.54) is 38.5 Å². The van der Waals surface area contributed by atoms with Crippen LogP contribution in [0.1, 0.15) is 133 Å². The van der Waals surface area contributed by atoms with Gasteiger partial charge in [-0.05, 0) is 64.5 Å². The average Bonchev–Trinajstić information content (AvgIpc) is 3.49. The van der Waals surface area contributed by atoms with Gasteiger partial charge in [0.05, 0.1) is 11.5 Å². The van der Waals surface area contributed by atoms with E-state index in [1.807, 2.05) is 20.8 Å². The van der Waals surface area contributed by atoms with Crippen LogP contribution in [0.2, 0.25) is 0 Å². The van der Waals surface area contributed by atoms with E-state index in [-0.39, 0.29) is 24.1 Å². The number of hydrogen-bond donors (Lipinski definition) is 3. The van der Waals surface area contributed by atoms with E-state index in [1.54, 1.807) is 58.9 Å². The van der Waals surface area contributed by atoms with Crippen molar-refractivity contribution in [2.24, 2.45) is 28.6 Å². The number of carbonyl (C=O) groups is 3. The van der Waals surface area contributed by atoms with Crippen molar-refractivity contribution in [1.82, 2.24) is 0 Å². The Morgan fingerprint density at radius 2 is 1.49 bits per heavy atom. The van der Waals surface area contributed by atoms with Crippen molar-refractivity contribution >= 4 is 17.9 Å². The number of fused-ring (bicyclic) bond motifs is 3. The second-order valence-corrected chi connectivity index (χ2v) is 16.4. The molecular weight excluding hydrogens is 648 g/mol. The van der Waals surface area contributed by atoms with Gasteiger partial charge in [-0.2, -0.15) is 0 Å². The number of hydrogen-bond acceptors (Lipinski definition) is 9. The Labute approximate surface area is 305 Å². The van der Waals surface area contributed by atoms with Crippen LogP contribution in [0.25, 0.3) is 0 Å². The fraction of sp³-hybridized carbons (Fsp3) is 0.738. The molecule has 3 N–H and O–H groups in total. The molecule has 1 spiro atoms. The molecule has 2 fully saturated rings. The minimum absolute atomic E-state index is 0.194. The summed E-state index contributed by atoms with van der Waals surface area (Å²) in [7, 11) is 0. The van der Waals surface area contributed by atoms with Crippen LogP contribution in [-0.2, 0) is 28.6 Å². The largest absolute Gasteiger partial charge is 0.458 e. The second kappa shape index (κ2) is 16.1. The zero-order valence-electron chi connectivity index (χ0n) is 32.5. The first-order valence-electron chi connectivity index (χ1n) is 19.4. The monoisotopic (exact) mass is 712 g/mol. The highest BCUT2D eigenvalue weighted by Gasteiger charge is 2.83. The number of carbonyl (C=O) groups excluding carboxylic acids is 3. The summed E-state index contributed by atoms with van der Waals surface area (Å²) in [5, 5.41) is 37.9. The van der Waals surface area contributed by atoms with Crippen LogP contribution in [0, 0.1) is 28.6 Å². The van der Waals surface area contributed by atoms with Crippen LogP contribution in [0.4, 0.5) is 0 Å². The molecule has 4 rings (SSSR count). The normalized spacial score (nSPS) is 35.4. The van der Waals surface area contributed by atoms with E-state index in [0.717, 1.165) is 19.3 Å². The van der Waals surface area contributed by atoms with Gasteiger partial charge in [0.15, 0.2) is 6.10 Å². The molecule has 0 aromatic rings. The first-order valence-corrected chi connectivity index (χ1v) is 19.4. The molecule has 0 radical (unpaired) electrons. The SMILES string of the molecule is C/C=C(/C)C(=O)OCC1=C[C@@H]2C(O)[C@]3(C=C(C)[C@H](OC(=O)/C(C)=C\C)[C@@]3(O)[C@@H]1O)[C@H](C)C[C@]1(OC(=O)CCCCCCCCCCC)[C@H]2C1(C)C. The summed E-state index contributed by atoms with van der Waals surface area (Å²) in [5.41, 5.74) is -3.82. The van der Waals surface area contributed by atoms with Crippen LogP contribution in [-0.4, -0.2) is 69.3 Å². The number of unbranched alkanes of at least 4 members (excludes halogenated alkanes) is 8. The fourth-order valence-corrected chi connectivity index (χ4v) is 9.72. The summed E-state index contributed by atoms with van der Waals surface area (Å²) in [6.07, 6.45) is 13.3. The third-order valence-corrected chi connectivity index (χ3v) is 13.0. The molecule has 4 aliphatic carbocycles. The van der Waals surface area contributed by atoms with E-state index in [9.17, 15) is 29.7 Å². The van der Waals surface area contributed by atoms with Crippen molar-refractivity contribution in [2.45, 2.75) is 162 Å².